The van der Waals surface area contributed by atoms with E-state index in [1.54, 1.807) is 0 Å². The van der Waals surface area contributed by atoms with E-state index in [2.05, 4.69) is 27.0 Å². The first-order valence-electron chi connectivity index (χ1n) is 6.40. The van der Waals surface area contributed by atoms with Crippen LogP contribution in [0.2, 0.25) is 0 Å². The first-order valence-corrected chi connectivity index (χ1v) is 6.40. The van der Waals surface area contributed by atoms with E-state index in [-0.39, 0.29) is 0 Å². The largest absolute Gasteiger partial charge is 0.340 e. The summed E-state index contributed by atoms with van der Waals surface area (Å²) in [4.78, 5) is 11.0. The van der Waals surface area contributed by atoms with E-state index in [4.69, 9.17) is 5.73 Å². The summed E-state index contributed by atoms with van der Waals surface area (Å²) in [5.41, 5.74) is 10.1. The number of hydrogen-bond donors (Lipinski definition) is 1. The zero-order valence-electron chi connectivity index (χ0n) is 11.7. The molecule has 0 unspecified atom stereocenters. The van der Waals surface area contributed by atoms with Crippen molar-refractivity contribution in [3.8, 4) is 0 Å². The molecule has 2 N–H and O–H groups in total. The summed E-state index contributed by atoms with van der Waals surface area (Å²) < 4.78 is 0. The molecule has 1 aromatic heterocycles. The highest BCUT2D eigenvalue weighted by Gasteiger charge is 2.08. The average Bonchev–Trinajstić information content (AvgIpc) is 2.38. The highest BCUT2D eigenvalue weighted by Crippen LogP contribution is 2.15. The summed E-state index contributed by atoms with van der Waals surface area (Å²) in [6.07, 6.45) is 0. The molecule has 4 heteroatoms. The Hall–Kier alpha value is -1.94. The average molecular weight is 256 g/mol. The lowest BCUT2D eigenvalue weighted by atomic mass is 10.1. The minimum Gasteiger partial charge on any atom is -0.340 e. The lowest BCUT2D eigenvalue weighted by Gasteiger charge is -2.19. The molecule has 2 aromatic rings. The van der Waals surface area contributed by atoms with Gasteiger partial charge < -0.3 is 10.6 Å². The lowest BCUT2D eigenvalue weighted by molar-refractivity contribution is 0.839. The number of anilines is 1. The van der Waals surface area contributed by atoms with Crippen LogP contribution in [0.25, 0.3) is 0 Å². The number of benzene rings is 1. The number of aryl methyl sites for hydroxylation is 2. The zero-order chi connectivity index (χ0) is 13.8. The van der Waals surface area contributed by atoms with Crippen molar-refractivity contribution in [3.63, 3.8) is 0 Å². The molecule has 0 fully saturated rings. The van der Waals surface area contributed by atoms with Gasteiger partial charge in [-0.05, 0) is 31.0 Å². The standard InChI is InChI=1S/C15H20N4/c1-11-8-12(2)18-15(17-11)19(3)10-14-7-5-4-6-13(14)9-16/h4-8H,9-10,16H2,1-3H3. The van der Waals surface area contributed by atoms with Crippen LogP contribution in [0.4, 0.5) is 5.95 Å². The quantitative estimate of drug-likeness (QED) is 0.911. The van der Waals surface area contributed by atoms with Crippen molar-refractivity contribution in [3.05, 3.63) is 52.8 Å². The van der Waals surface area contributed by atoms with Crippen LogP contribution in [0, 0.1) is 13.8 Å². The first kappa shape index (κ1) is 13.5. The van der Waals surface area contributed by atoms with Gasteiger partial charge in [0.05, 0.1) is 0 Å². The van der Waals surface area contributed by atoms with Gasteiger partial charge in [0.1, 0.15) is 0 Å². The third kappa shape index (κ3) is 3.29. The van der Waals surface area contributed by atoms with Crippen LogP contribution in [0.5, 0.6) is 0 Å². The maximum Gasteiger partial charge on any atom is 0.225 e. The van der Waals surface area contributed by atoms with Gasteiger partial charge in [-0.25, -0.2) is 9.97 Å². The van der Waals surface area contributed by atoms with Crippen LogP contribution < -0.4 is 10.6 Å². The topological polar surface area (TPSA) is 55.0 Å². The van der Waals surface area contributed by atoms with Gasteiger partial charge in [-0.3, -0.25) is 0 Å². The molecule has 0 amide bonds. The molecule has 1 heterocycles. The zero-order valence-corrected chi connectivity index (χ0v) is 11.7. The Morgan fingerprint density at radius 3 is 2.21 bits per heavy atom. The maximum absolute atomic E-state index is 5.76. The Labute approximate surface area is 114 Å². The normalized spacial score (nSPS) is 10.5. The first-order chi connectivity index (χ1) is 9.10. The second-order valence-electron chi connectivity index (χ2n) is 4.78. The van der Waals surface area contributed by atoms with Gasteiger partial charge in [-0.1, -0.05) is 24.3 Å². The SMILES string of the molecule is Cc1cc(C)nc(N(C)Cc2ccccc2CN)n1. The molecule has 0 atom stereocenters. The van der Waals surface area contributed by atoms with E-state index >= 15 is 0 Å². The Kier molecular flexibility index (Phi) is 4.12. The van der Waals surface area contributed by atoms with Crippen LogP contribution >= 0.6 is 0 Å². The minimum absolute atomic E-state index is 0.553. The summed E-state index contributed by atoms with van der Waals surface area (Å²) in [6, 6.07) is 10.2. The van der Waals surface area contributed by atoms with Crippen molar-refractivity contribution in [1.29, 1.82) is 0 Å². The van der Waals surface area contributed by atoms with E-state index in [0.29, 0.717) is 6.54 Å². The van der Waals surface area contributed by atoms with Crippen LogP contribution in [-0.4, -0.2) is 17.0 Å². The Morgan fingerprint density at radius 1 is 1.05 bits per heavy atom. The molecule has 0 aliphatic carbocycles. The molecule has 0 spiro atoms. The Balaban J connectivity index is 2.22. The van der Waals surface area contributed by atoms with E-state index in [0.717, 1.165) is 23.9 Å². The van der Waals surface area contributed by atoms with Crippen LogP contribution in [0.1, 0.15) is 22.5 Å². The molecule has 4 nitrogen and oxygen atoms in total. The van der Waals surface area contributed by atoms with Gasteiger partial charge in [0.15, 0.2) is 0 Å². The van der Waals surface area contributed by atoms with Crippen molar-refractivity contribution in [1.82, 2.24) is 9.97 Å². The Bertz CT molecular complexity index is 546. The molecule has 100 valence electrons. The summed E-state index contributed by atoms with van der Waals surface area (Å²) in [6.45, 7) is 5.29. The summed E-state index contributed by atoms with van der Waals surface area (Å²) >= 11 is 0. The van der Waals surface area contributed by atoms with Crippen molar-refractivity contribution in [2.24, 2.45) is 5.73 Å². The van der Waals surface area contributed by atoms with Crippen molar-refractivity contribution >= 4 is 5.95 Å². The van der Waals surface area contributed by atoms with Crippen LogP contribution in [0.3, 0.4) is 0 Å². The molecule has 2 rings (SSSR count). The third-order valence-corrected chi connectivity index (χ3v) is 3.06. The predicted molar refractivity (Wildman–Crippen MR) is 77.9 cm³/mol. The van der Waals surface area contributed by atoms with Crippen molar-refractivity contribution in [2.45, 2.75) is 26.9 Å². The molecule has 0 radical (unpaired) electrons. The van der Waals surface area contributed by atoms with E-state index in [1.807, 2.05) is 39.1 Å². The number of nitrogens with zero attached hydrogens (tertiary/aromatic N) is 3. The van der Waals surface area contributed by atoms with E-state index in [9.17, 15) is 0 Å². The highest BCUT2D eigenvalue weighted by atomic mass is 15.2. The van der Waals surface area contributed by atoms with E-state index < -0.39 is 0 Å². The minimum atomic E-state index is 0.553. The van der Waals surface area contributed by atoms with Crippen molar-refractivity contribution < 1.29 is 0 Å². The van der Waals surface area contributed by atoms with Gasteiger partial charge in [0.25, 0.3) is 0 Å². The molecule has 0 saturated heterocycles. The van der Waals surface area contributed by atoms with Crippen LogP contribution in [-0.2, 0) is 13.1 Å². The van der Waals surface area contributed by atoms with Crippen LogP contribution in [0.15, 0.2) is 30.3 Å². The monoisotopic (exact) mass is 256 g/mol. The highest BCUT2D eigenvalue weighted by molar-refractivity contribution is 5.35. The van der Waals surface area contributed by atoms with Gasteiger partial charge in [-0.15, -0.1) is 0 Å². The molecule has 0 aliphatic rings. The van der Waals surface area contributed by atoms with E-state index in [1.165, 1.54) is 11.1 Å². The second-order valence-corrected chi connectivity index (χ2v) is 4.78. The fraction of sp³-hybridized carbons (Fsp3) is 0.333. The smallest absolute Gasteiger partial charge is 0.225 e. The number of rotatable bonds is 4. The maximum atomic E-state index is 5.76. The predicted octanol–water partition coefficient (Wildman–Crippen LogP) is 2.19. The van der Waals surface area contributed by atoms with Crippen molar-refractivity contribution in [2.75, 3.05) is 11.9 Å². The number of aromatic nitrogens is 2. The lowest BCUT2D eigenvalue weighted by Crippen LogP contribution is -2.21. The molecule has 0 bridgehead atoms. The second kappa shape index (κ2) is 5.80. The molecule has 0 aliphatic heterocycles. The fourth-order valence-corrected chi connectivity index (χ4v) is 2.12. The molecule has 1 aromatic carbocycles. The molecule has 19 heavy (non-hydrogen) atoms. The van der Waals surface area contributed by atoms with Gasteiger partial charge in [0.2, 0.25) is 5.95 Å². The van der Waals surface area contributed by atoms with Gasteiger partial charge in [-0.2, -0.15) is 0 Å². The van der Waals surface area contributed by atoms with Gasteiger partial charge >= 0.3 is 0 Å². The molecule has 0 saturated carbocycles. The van der Waals surface area contributed by atoms with Gasteiger partial charge in [0, 0.05) is 31.5 Å². The summed E-state index contributed by atoms with van der Waals surface area (Å²) in [7, 11) is 2.00. The molecular weight excluding hydrogens is 236 g/mol. The third-order valence-electron chi connectivity index (χ3n) is 3.06. The molecular formula is C15H20N4. The summed E-state index contributed by atoms with van der Waals surface area (Å²) in [5.74, 6) is 0.754. The summed E-state index contributed by atoms with van der Waals surface area (Å²) in [5, 5.41) is 0. The number of nitrogens with two attached hydrogens (primary N) is 1. The fourth-order valence-electron chi connectivity index (χ4n) is 2.12. The number of hydrogen-bond acceptors (Lipinski definition) is 4. The Morgan fingerprint density at radius 2 is 1.63 bits per heavy atom.